The van der Waals surface area contributed by atoms with Crippen LogP contribution in [0.1, 0.15) is 19.8 Å². The predicted octanol–water partition coefficient (Wildman–Crippen LogP) is 1.04. The topological polar surface area (TPSA) is 6.48 Å². The minimum atomic E-state index is 0.739. The van der Waals surface area contributed by atoms with Crippen molar-refractivity contribution in [2.24, 2.45) is 0 Å². The molecule has 2 heteroatoms. The number of nitrogens with zero attached hydrogens (tertiary/aromatic N) is 2. The maximum absolute atomic E-state index is 5.27. The number of rotatable bonds is 4. The molecule has 0 aromatic carbocycles. The Bertz CT molecular complexity index is 183. The molecule has 1 fully saturated rings. The highest BCUT2D eigenvalue weighted by molar-refractivity contribution is 4.89. The van der Waals surface area contributed by atoms with Gasteiger partial charge in [0.25, 0.3) is 0 Å². The molecule has 0 bridgehead atoms. The van der Waals surface area contributed by atoms with Crippen LogP contribution in [0.4, 0.5) is 0 Å². The lowest BCUT2D eigenvalue weighted by Crippen LogP contribution is -2.38. The zero-order chi connectivity index (χ0) is 9.68. The van der Waals surface area contributed by atoms with E-state index in [0.717, 1.165) is 19.1 Å². The summed E-state index contributed by atoms with van der Waals surface area (Å²) in [5.74, 6) is 2.68. The maximum atomic E-state index is 5.27. The van der Waals surface area contributed by atoms with E-state index >= 15 is 0 Å². The normalized spacial score (nSPS) is 23.7. The molecule has 13 heavy (non-hydrogen) atoms. The Morgan fingerprint density at radius 3 is 3.00 bits per heavy atom. The molecule has 2 nitrogen and oxygen atoms in total. The highest BCUT2D eigenvalue weighted by atomic mass is 15.2. The zero-order valence-electron chi connectivity index (χ0n) is 8.79. The van der Waals surface area contributed by atoms with Crippen LogP contribution in [-0.2, 0) is 0 Å². The van der Waals surface area contributed by atoms with Crippen molar-refractivity contribution in [2.75, 3.05) is 33.2 Å². The van der Waals surface area contributed by atoms with Gasteiger partial charge in [0, 0.05) is 12.6 Å². The number of likely N-dealkylation sites (tertiary alicyclic amines) is 1. The van der Waals surface area contributed by atoms with Gasteiger partial charge in [0.05, 0.1) is 6.54 Å². The summed E-state index contributed by atoms with van der Waals surface area (Å²) in [6.07, 6.45) is 7.95. The third-order valence-corrected chi connectivity index (χ3v) is 2.79. The maximum Gasteiger partial charge on any atom is 0.0596 e. The molecule has 74 valence electrons. The van der Waals surface area contributed by atoms with Gasteiger partial charge in [0.2, 0.25) is 0 Å². The number of hydrogen-bond acceptors (Lipinski definition) is 2. The lowest BCUT2D eigenvalue weighted by Gasteiger charge is -2.26. The van der Waals surface area contributed by atoms with Gasteiger partial charge in [-0.25, -0.2) is 0 Å². The predicted molar refractivity (Wildman–Crippen MR) is 56.6 cm³/mol. The van der Waals surface area contributed by atoms with Crippen LogP contribution < -0.4 is 0 Å². The lowest BCUT2D eigenvalue weighted by atomic mass is 10.2. The summed E-state index contributed by atoms with van der Waals surface area (Å²) >= 11 is 0. The Balaban J connectivity index is 2.31. The van der Waals surface area contributed by atoms with Gasteiger partial charge in [-0.1, -0.05) is 12.8 Å². The fourth-order valence-corrected chi connectivity index (χ4v) is 2.10. The number of likely N-dealkylation sites (N-methyl/N-ethyl adjacent to an activating group) is 2. The molecule has 0 aliphatic carbocycles. The first-order valence-electron chi connectivity index (χ1n) is 5.14. The zero-order valence-corrected chi connectivity index (χ0v) is 8.79. The summed E-state index contributed by atoms with van der Waals surface area (Å²) in [5, 5.41) is 0. The van der Waals surface area contributed by atoms with Crippen LogP contribution in [0.5, 0.6) is 0 Å². The molecule has 1 heterocycles. The fourth-order valence-electron chi connectivity index (χ4n) is 2.10. The van der Waals surface area contributed by atoms with Crippen LogP contribution >= 0.6 is 0 Å². The molecule has 0 spiro atoms. The van der Waals surface area contributed by atoms with E-state index in [1.165, 1.54) is 25.9 Å². The van der Waals surface area contributed by atoms with E-state index in [4.69, 9.17) is 6.42 Å². The summed E-state index contributed by atoms with van der Waals surface area (Å²) in [7, 11) is 2.10. The quantitative estimate of drug-likeness (QED) is 0.596. The molecule has 0 radical (unpaired) electrons. The van der Waals surface area contributed by atoms with Gasteiger partial charge in [-0.05, 0) is 33.0 Å². The van der Waals surface area contributed by atoms with E-state index in [1.807, 2.05) is 0 Å². The van der Waals surface area contributed by atoms with Gasteiger partial charge in [0.15, 0.2) is 0 Å². The fraction of sp³-hybridized carbons (Fsp3) is 0.818. The lowest BCUT2D eigenvalue weighted by molar-refractivity contribution is 0.209. The van der Waals surface area contributed by atoms with E-state index in [-0.39, 0.29) is 0 Å². The smallest absolute Gasteiger partial charge is 0.0596 e. The van der Waals surface area contributed by atoms with Gasteiger partial charge < -0.3 is 0 Å². The number of hydrogen-bond donors (Lipinski definition) is 0. The average Bonchev–Trinajstić information content (AvgIpc) is 2.52. The van der Waals surface area contributed by atoms with Crippen molar-refractivity contribution in [3.8, 4) is 12.3 Å². The Kier molecular flexibility index (Phi) is 4.27. The van der Waals surface area contributed by atoms with Crippen molar-refractivity contribution in [3.05, 3.63) is 0 Å². The largest absolute Gasteiger partial charge is 0.299 e. The molecule has 0 aromatic heterocycles. The molecule has 1 aliphatic rings. The summed E-state index contributed by atoms with van der Waals surface area (Å²) in [6.45, 7) is 6.57. The van der Waals surface area contributed by atoms with Crippen LogP contribution in [0.25, 0.3) is 0 Å². The Hall–Kier alpha value is -0.520. The van der Waals surface area contributed by atoms with Gasteiger partial charge >= 0.3 is 0 Å². The van der Waals surface area contributed by atoms with Crippen molar-refractivity contribution in [3.63, 3.8) is 0 Å². The highest BCUT2D eigenvalue weighted by Gasteiger charge is 2.23. The van der Waals surface area contributed by atoms with E-state index < -0.39 is 0 Å². The molecule has 1 aliphatic heterocycles. The minimum Gasteiger partial charge on any atom is -0.299 e. The van der Waals surface area contributed by atoms with Crippen molar-refractivity contribution < 1.29 is 0 Å². The third kappa shape index (κ3) is 3.02. The van der Waals surface area contributed by atoms with Crippen LogP contribution in [-0.4, -0.2) is 49.1 Å². The van der Waals surface area contributed by atoms with Gasteiger partial charge in [-0.15, -0.1) is 6.42 Å². The summed E-state index contributed by atoms with van der Waals surface area (Å²) in [6, 6.07) is 0.739. The van der Waals surface area contributed by atoms with Gasteiger partial charge in [-0.3, -0.25) is 9.80 Å². The molecular weight excluding hydrogens is 160 g/mol. The van der Waals surface area contributed by atoms with E-state index in [2.05, 4.69) is 29.7 Å². The number of terminal acetylenes is 1. The van der Waals surface area contributed by atoms with Crippen LogP contribution in [0.15, 0.2) is 0 Å². The first-order chi connectivity index (χ1) is 6.27. The van der Waals surface area contributed by atoms with Crippen LogP contribution in [0.2, 0.25) is 0 Å². The molecule has 0 saturated carbocycles. The van der Waals surface area contributed by atoms with Crippen molar-refractivity contribution >= 4 is 0 Å². The second-order valence-corrected chi connectivity index (χ2v) is 3.83. The monoisotopic (exact) mass is 180 g/mol. The van der Waals surface area contributed by atoms with Gasteiger partial charge in [-0.2, -0.15) is 0 Å². The highest BCUT2D eigenvalue weighted by Crippen LogP contribution is 2.16. The Morgan fingerprint density at radius 2 is 2.38 bits per heavy atom. The third-order valence-electron chi connectivity index (χ3n) is 2.79. The van der Waals surface area contributed by atoms with Gasteiger partial charge in [0.1, 0.15) is 0 Å². The molecule has 1 rings (SSSR count). The molecular formula is C11H20N2. The SMILES string of the molecule is C#CCN(C)CC1CCCN1CC. The average molecular weight is 180 g/mol. The standard InChI is InChI=1S/C11H20N2/c1-4-8-12(3)10-11-7-6-9-13(11)5-2/h1,11H,5-10H2,2-3H3. The van der Waals surface area contributed by atoms with Crippen molar-refractivity contribution in [2.45, 2.75) is 25.8 Å². The molecule has 0 N–H and O–H groups in total. The summed E-state index contributed by atoms with van der Waals surface area (Å²) in [4.78, 5) is 4.78. The second kappa shape index (κ2) is 5.26. The van der Waals surface area contributed by atoms with Crippen LogP contribution in [0.3, 0.4) is 0 Å². The van der Waals surface area contributed by atoms with E-state index in [0.29, 0.717) is 0 Å². The molecule has 0 amide bonds. The van der Waals surface area contributed by atoms with Crippen molar-refractivity contribution in [1.82, 2.24) is 9.80 Å². The summed E-state index contributed by atoms with van der Waals surface area (Å²) in [5.41, 5.74) is 0. The molecule has 1 unspecified atom stereocenters. The summed E-state index contributed by atoms with van der Waals surface area (Å²) < 4.78 is 0. The first kappa shape index (κ1) is 10.6. The van der Waals surface area contributed by atoms with Crippen molar-refractivity contribution in [1.29, 1.82) is 0 Å². The van der Waals surface area contributed by atoms with E-state index in [9.17, 15) is 0 Å². The second-order valence-electron chi connectivity index (χ2n) is 3.83. The Morgan fingerprint density at radius 1 is 1.62 bits per heavy atom. The van der Waals surface area contributed by atoms with Crippen LogP contribution in [0, 0.1) is 12.3 Å². The molecule has 0 aromatic rings. The molecule has 1 atom stereocenters. The first-order valence-corrected chi connectivity index (χ1v) is 5.14. The minimum absolute atomic E-state index is 0.739. The Labute approximate surface area is 81.9 Å². The van der Waals surface area contributed by atoms with E-state index in [1.54, 1.807) is 0 Å². The molecule has 1 saturated heterocycles.